The van der Waals surface area contributed by atoms with Gasteiger partial charge in [0.2, 0.25) is 0 Å². The lowest BCUT2D eigenvalue weighted by Crippen LogP contribution is -2.21. The molecule has 0 spiro atoms. The average Bonchev–Trinajstić information content (AvgIpc) is 2.21. The van der Waals surface area contributed by atoms with Gasteiger partial charge in [-0.1, -0.05) is 19.9 Å². The van der Waals surface area contributed by atoms with E-state index in [9.17, 15) is 4.39 Å². The second-order valence-electron chi connectivity index (χ2n) is 4.22. The number of hydrogen-bond donors (Lipinski definition) is 1. The summed E-state index contributed by atoms with van der Waals surface area (Å²) < 4.78 is 13.5. The number of halogens is 2. The highest BCUT2D eigenvalue weighted by Crippen LogP contribution is 2.21. The summed E-state index contributed by atoms with van der Waals surface area (Å²) >= 11 is 3.16. The van der Waals surface area contributed by atoms with E-state index >= 15 is 0 Å². The number of benzene rings is 1. The Labute approximate surface area is 104 Å². The van der Waals surface area contributed by atoms with Crippen LogP contribution in [-0.2, 0) is 4.84 Å². The zero-order valence-corrected chi connectivity index (χ0v) is 11.3. The summed E-state index contributed by atoms with van der Waals surface area (Å²) in [6, 6.07) is 4.98. The van der Waals surface area contributed by atoms with E-state index in [1.54, 1.807) is 12.1 Å². The SMILES string of the molecule is CC(C)CONC(C)c1ccc(F)c(Br)c1. The van der Waals surface area contributed by atoms with Crippen molar-refractivity contribution < 1.29 is 9.23 Å². The van der Waals surface area contributed by atoms with E-state index in [-0.39, 0.29) is 11.9 Å². The van der Waals surface area contributed by atoms with Gasteiger partial charge in [0.15, 0.2) is 0 Å². The van der Waals surface area contributed by atoms with Gasteiger partial charge in [-0.15, -0.1) is 0 Å². The normalized spacial score (nSPS) is 13.1. The van der Waals surface area contributed by atoms with Gasteiger partial charge in [0.05, 0.1) is 17.1 Å². The highest BCUT2D eigenvalue weighted by atomic mass is 79.9. The van der Waals surface area contributed by atoms with Crippen molar-refractivity contribution in [3.05, 3.63) is 34.1 Å². The van der Waals surface area contributed by atoms with E-state index in [4.69, 9.17) is 4.84 Å². The zero-order chi connectivity index (χ0) is 12.1. The van der Waals surface area contributed by atoms with Crippen LogP contribution in [0.4, 0.5) is 4.39 Å². The smallest absolute Gasteiger partial charge is 0.137 e. The lowest BCUT2D eigenvalue weighted by molar-refractivity contribution is 0.00407. The van der Waals surface area contributed by atoms with Gasteiger partial charge in [-0.05, 0) is 46.5 Å². The molecule has 1 aromatic carbocycles. The Kier molecular flexibility index (Phi) is 5.38. The topological polar surface area (TPSA) is 21.3 Å². The van der Waals surface area contributed by atoms with Crippen LogP contribution in [0, 0.1) is 11.7 Å². The average molecular weight is 290 g/mol. The molecular weight excluding hydrogens is 273 g/mol. The monoisotopic (exact) mass is 289 g/mol. The Morgan fingerprint density at radius 3 is 2.62 bits per heavy atom. The number of nitrogens with one attached hydrogen (secondary N) is 1. The van der Waals surface area contributed by atoms with Crippen molar-refractivity contribution in [3.8, 4) is 0 Å². The van der Waals surface area contributed by atoms with Crippen LogP contribution < -0.4 is 5.48 Å². The quantitative estimate of drug-likeness (QED) is 0.832. The van der Waals surface area contributed by atoms with Crippen LogP contribution in [0.2, 0.25) is 0 Å². The molecule has 0 aliphatic heterocycles. The second kappa shape index (κ2) is 6.33. The summed E-state index contributed by atoms with van der Waals surface area (Å²) in [6.45, 7) is 6.80. The third-order valence-electron chi connectivity index (χ3n) is 2.12. The Bertz CT molecular complexity index is 344. The molecule has 0 amide bonds. The first-order valence-corrected chi connectivity index (χ1v) is 6.12. The molecule has 0 bridgehead atoms. The summed E-state index contributed by atoms with van der Waals surface area (Å²) in [6.07, 6.45) is 0. The molecule has 0 aromatic heterocycles. The van der Waals surface area contributed by atoms with Crippen LogP contribution in [-0.4, -0.2) is 6.61 Å². The van der Waals surface area contributed by atoms with Gasteiger partial charge >= 0.3 is 0 Å². The van der Waals surface area contributed by atoms with Crippen molar-refractivity contribution in [3.63, 3.8) is 0 Å². The minimum absolute atomic E-state index is 0.0376. The Balaban J connectivity index is 2.52. The van der Waals surface area contributed by atoms with Crippen molar-refractivity contribution in [2.75, 3.05) is 6.61 Å². The first-order chi connectivity index (χ1) is 7.50. The summed E-state index contributed by atoms with van der Waals surface area (Å²) in [5.41, 5.74) is 3.92. The Hall–Kier alpha value is -0.450. The maximum absolute atomic E-state index is 13.0. The molecule has 0 saturated carbocycles. The predicted octanol–water partition coefficient (Wildman–Crippen LogP) is 3.83. The number of rotatable bonds is 5. The molecule has 90 valence electrons. The molecule has 1 atom stereocenters. The molecule has 1 rings (SSSR count). The lowest BCUT2D eigenvalue weighted by Gasteiger charge is -2.15. The number of hydrogen-bond acceptors (Lipinski definition) is 2. The molecular formula is C12H17BrFNO. The first-order valence-electron chi connectivity index (χ1n) is 5.33. The minimum Gasteiger partial charge on any atom is -0.301 e. The van der Waals surface area contributed by atoms with E-state index in [1.807, 2.05) is 6.92 Å². The molecule has 16 heavy (non-hydrogen) atoms. The molecule has 0 aliphatic rings. The van der Waals surface area contributed by atoms with Crippen molar-refractivity contribution in [2.24, 2.45) is 5.92 Å². The van der Waals surface area contributed by atoms with Crippen LogP contribution in [0.1, 0.15) is 32.4 Å². The van der Waals surface area contributed by atoms with E-state index in [0.717, 1.165) is 5.56 Å². The Morgan fingerprint density at radius 2 is 2.06 bits per heavy atom. The zero-order valence-electron chi connectivity index (χ0n) is 9.76. The molecule has 2 nitrogen and oxygen atoms in total. The largest absolute Gasteiger partial charge is 0.301 e. The van der Waals surface area contributed by atoms with Crippen molar-refractivity contribution in [1.29, 1.82) is 0 Å². The predicted molar refractivity (Wildman–Crippen MR) is 66.4 cm³/mol. The third kappa shape index (κ3) is 4.20. The van der Waals surface area contributed by atoms with E-state index < -0.39 is 0 Å². The maximum Gasteiger partial charge on any atom is 0.137 e. The van der Waals surface area contributed by atoms with E-state index in [0.29, 0.717) is 17.0 Å². The molecule has 0 heterocycles. The van der Waals surface area contributed by atoms with Crippen molar-refractivity contribution in [2.45, 2.75) is 26.8 Å². The van der Waals surface area contributed by atoms with Crippen LogP contribution in [0.3, 0.4) is 0 Å². The standard InChI is InChI=1S/C12H17BrFNO/c1-8(2)7-16-15-9(3)10-4-5-12(14)11(13)6-10/h4-6,8-9,15H,7H2,1-3H3. The van der Waals surface area contributed by atoms with Gasteiger partial charge in [-0.2, -0.15) is 5.48 Å². The fourth-order valence-corrected chi connectivity index (χ4v) is 1.59. The summed E-state index contributed by atoms with van der Waals surface area (Å²) in [7, 11) is 0. The van der Waals surface area contributed by atoms with Gasteiger partial charge in [0.1, 0.15) is 5.82 Å². The van der Waals surface area contributed by atoms with Crippen molar-refractivity contribution >= 4 is 15.9 Å². The highest BCUT2D eigenvalue weighted by molar-refractivity contribution is 9.10. The molecule has 0 aliphatic carbocycles. The maximum atomic E-state index is 13.0. The number of hydroxylamine groups is 1. The van der Waals surface area contributed by atoms with Crippen LogP contribution in [0.15, 0.2) is 22.7 Å². The Morgan fingerprint density at radius 1 is 1.38 bits per heavy atom. The molecule has 0 radical (unpaired) electrons. The van der Waals surface area contributed by atoms with Crippen LogP contribution in [0.5, 0.6) is 0 Å². The molecule has 1 N–H and O–H groups in total. The summed E-state index contributed by atoms with van der Waals surface area (Å²) in [5, 5.41) is 0. The van der Waals surface area contributed by atoms with Crippen LogP contribution >= 0.6 is 15.9 Å². The first kappa shape index (κ1) is 13.6. The fraction of sp³-hybridized carbons (Fsp3) is 0.500. The molecule has 0 saturated heterocycles. The molecule has 1 unspecified atom stereocenters. The molecule has 4 heteroatoms. The fourth-order valence-electron chi connectivity index (χ4n) is 1.19. The molecule has 1 aromatic rings. The highest BCUT2D eigenvalue weighted by Gasteiger charge is 2.08. The lowest BCUT2D eigenvalue weighted by atomic mass is 10.1. The van der Waals surface area contributed by atoms with Gasteiger partial charge in [-0.25, -0.2) is 4.39 Å². The van der Waals surface area contributed by atoms with Crippen LogP contribution in [0.25, 0.3) is 0 Å². The van der Waals surface area contributed by atoms with Crippen molar-refractivity contribution in [1.82, 2.24) is 5.48 Å². The van der Waals surface area contributed by atoms with E-state index in [2.05, 4.69) is 35.3 Å². The summed E-state index contributed by atoms with van der Waals surface area (Å²) in [5.74, 6) is 0.235. The molecule has 0 fully saturated rings. The van der Waals surface area contributed by atoms with Gasteiger partial charge in [0, 0.05) is 0 Å². The minimum atomic E-state index is -0.251. The van der Waals surface area contributed by atoms with Gasteiger partial charge in [0.25, 0.3) is 0 Å². The summed E-state index contributed by atoms with van der Waals surface area (Å²) in [4.78, 5) is 5.32. The van der Waals surface area contributed by atoms with Gasteiger partial charge < -0.3 is 4.84 Å². The second-order valence-corrected chi connectivity index (χ2v) is 5.07. The van der Waals surface area contributed by atoms with E-state index in [1.165, 1.54) is 6.07 Å². The van der Waals surface area contributed by atoms with Gasteiger partial charge in [-0.3, -0.25) is 0 Å². The third-order valence-corrected chi connectivity index (χ3v) is 2.73.